The van der Waals surface area contributed by atoms with Crippen molar-refractivity contribution in [3.63, 3.8) is 0 Å². The van der Waals surface area contributed by atoms with Crippen molar-refractivity contribution in [1.82, 2.24) is 10.6 Å². The van der Waals surface area contributed by atoms with E-state index in [1.807, 2.05) is 0 Å². The predicted octanol–water partition coefficient (Wildman–Crippen LogP) is 0.743. The maximum absolute atomic E-state index is 13.9. The molecule has 2 fully saturated rings. The molecular weight excluding hydrogens is 274 g/mol. The molecule has 7 nitrogen and oxygen atoms in total. The largest absolute Gasteiger partial charge is 0.362 e. The number of nitro benzene ring substituents is 1. The number of nitrogens with one attached hydrogen (secondary N) is 2. The van der Waals surface area contributed by atoms with Gasteiger partial charge < -0.3 is 15.5 Å². The van der Waals surface area contributed by atoms with Gasteiger partial charge in [-0.15, -0.1) is 0 Å². The van der Waals surface area contributed by atoms with E-state index in [2.05, 4.69) is 10.6 Å². The summed E-state index contributed by atoms with van der Waals surface area (Å²) in [5.74, 6) is -1.97. The highest BCUT2D eigenvalue weighted by atomic mass is 19.1. The summed E-state index contributed by atoms with van der Waals surface area (Å²) in [4.78, 5) is 22.2. The average Bonchev–Trinajstić information content (AvgIpc) is 2.84. The lowest BCUT2D eigenvalue weighted by Gasteiger charge is -2.20. The van der Waals surface area contributed by atoms with Gasteiger partial charge in [-0.2, -0.15) is 0 Å². The lowest BCUT2D eigenvalue weighted by atomic mass is 10.2. The smallest absolute Gasteiger partial charge is 0.315 e. The highest BCUT2D eigenvalue weighted by Gasteiger charge is 2.41. The summed E-state index contributed by atoms with van der Waals surface area (Å²) in [5, 5.41) is 15.8. The van der Waals surface area contributed by atoms with Gasteiger partial charge in [-0.3, -0.25) is 10.1 Å². The predicted molar refractivity (Wildman–Crippen MR) is 64.5 cm³/mol. The summed E-state index contributed by atoms with van der Waals surface area (Å²) >= 11 is 0. The van der Waals surface area contributed by atoms with Crippen molar-refractivity contribution in [3.8, 4) is 0 Å². The van der Waals surface area contributed by atoms with E-state index < -0.39 is 22.2 Å². The Kier molecular flexibility index (Phi) is 2.70. The zero-order valence-corrected chi connectivity index (χ0v) is 10.1. The highest BCUT2D eigenvalue weighted by molar-refractivity contribution is 5.78. The summed E-state index contributed by atoms with van der Waals surface area (Å²) < 4.78 is 27.8. The van der Waals surface area contributed by atoms with Gasteiger partial charge in [0.05, 0.1) is 29.1 Å². The second-order valence-corrected chi connectivity index (χ2v) is 4.75. The topological polar surface area (TPSA) is 87.5 Å². The standard InChI is InChI=1S/C11H10F2N4O3/c12-6-1-5(17(19)20)2-7(13)10(6)16-3-8-9(4-16)15-11(18)14-8/h1-2,8-9H,3-4H2,(H2,14,15,18). The van der Waals surface area contributed by atoms with Crippen molar-refractivity contribution in [2.24, 2.45) is 0 Å². The van der Waals surface area contributed by atoms with E-state index in [9.17, 15) is 23.7 Å². The van der Waals surface area contributed by atoms with E-state index in [-0.39, 0.29) is 36.9 Å². The zero-order valence-electron chi connectivity index (χ0n) is 10.1. The number of halogens is 2. The van der Waals surface area contributed by atoms with Crippen LogP contribution in [0.3, 0.4) is 0 Å². The quantitative estimate of drug-likeness (QED) is 0.619. The Balaban J connectivity index is 1.89. The number of anilines is 1. The molecule has 106 valence electrons. The molecule has 2 aliphatic rings. The third-order valence-electron chi connectivity index (χ3n) is 3.48. The van der Waals surface area contributed by atoms with Crippen molar-refractivity contribution in [2.45, 2.75) is 12.1 Å². The van der Waals surface area contributed by atoms with Crippen molar-refractivity contribution in [2.75, 3.05) is 18.0 Å². The second kappa shape index (κ2) is 4.29. The minimum Gasteiger partial charge on any atom is -0.362 e. The zero-order chi connectivity index (χ0) is 14.4. The molecule has 0 saturated carbocycles. The number of urea groups is 1. The maximum atomic E-state index is 13.9. The van der Waals surface area contributed by atoms with Gasteiger partial charge >= 0.3 is 6.03 Å². The molecule has 1 aromatic rings. The fourth-order valence-corrected chi connectivity index (χ4v) is 2.62. The van der Waals surface area contributed by atoms with Gasteiger partial charge in [0.2, 0.25) is 0 Å². The molecule has 0 bridgehead atoms. The Bertz CT molecular complexity index is 570. The van der Waals surface area contributed by atoms with E-state index in [1.54, 1.807) is 0 Å². The number of nitro groups is 1. The number of fused-ring (bicyclic) bond motifs is 1. The molecule has 2 saturated heterocycles. The van der Waals surface area contributed by atoms with Crippen LogP contribution in [0.15, 0.2) is 12.1 Å². The van der Waals surface area contributed by atoms with Crippen molar-refractivity contribution in [1.29, 1.82) is 0 Å². The van der Waals surface area contributed by atoms with E-state index in [1.165, 1.54) is 4.90 Å². The molecule has 2 aliphatic heterocycles. The van der Waals surface area contributed by atoms with Gasteiger partial charge in [0.1, 0.15) is 5.69 Å². The lowest BCUT2D eigenvalue weighted by molar-refractivity contribution is -0.385. The fourth-order valence-electron chi connectivity index (χ4n) is 2.62. The van der Waals surface area contributed by atoms with E-state index >= 15 is 0 Å². The first kappa shape index (κ1) is 12.6. The summed E-state index contributed by atoms with van der Waals surface area (Å²) in [6.07, 6.45) is 0. The van der Waals surface area contributed by atoms with Gasteiger partial charge in [-0.1, -0.05) is 0 Å². The van der Waals surface area contributed by atoms with E-state index in [4.69, 9.17) is 0 Å². The van der Waals surface area contributed by atoms with Gasteiger partial charge in [-0.05, 0) is 0 Å². The van der Waals surface area contributed by atoms with Crippen LogP contribution in [0.2, 0.25) is 0 Å². The Morgan fingerprint density at radius 3 is 2.15 bits per heavy atom. The molecule has 9 heteroatoms. The summed E-state index contributed by atoms with van der Waals surface area (Å²) in [6, 6.07) is 0.633. The highest BCUT2D eigenvalue weighted by Crippen LogP contribution is 2.31. The van der Waals surface area contributed by atoms with Crippen LogP contribution in [0.5, 0.6) is 0 Å². The third kappa shape index (κ3) is 1.91. The van der Waals surface area contributed by atoms with Gasteiger partial charge in [0, 0.05) is 13.1 Å². The molecule has 2 unspecified atom stereocenters. The first-order valence-electron chi connectivity index (χ1n) is 5.91. The number of non-ortho nitro benzene ring substituents is 1. The summed E-state index contributed by atoms with van der Waals surface area (Å²) in [7, 11) is 0. The number of hydrogen-bond acceptors (Lipinski definition) is 4. The molecule has 2 atom stereocenters. The molecule has 2 N–H and O–H groups in total. The first-order chi connectivity index (χ1) is 9.45. The summed E-state index contributed by atoms with van der Waals surface area (Å²) in [5.41, 5.74) is -0.935. The Labute approximate surface area is 111 Å². The maximum Gasteiger partial charge on any atom is 0.315 e. The van der Waals surface area contributed by atoms with E-state index in [0.29, 0.717) is 12.1 Å². The van der Waals surface area contributed by atoms with Crippen LogP contribution >= 0.6 is 0 Å². The molecule has 0 radical (unpaired) electrons. The monoisotopic (exact) mass is 284 g/mol. The fraction of sp³-hybridized carbons (Fsp3) is 0.364. The molecule has 1 aromatic carbocycles. The molecule has 0 aromatic heterocycles. The minimum absolute atomic E-state index is 0.225. The molecule has 0 aliphatic carbocycles. The molecule has 0 spiro atoms. The normalized spacial score (nSPS) is 24.3. The number of carbonyl (C=O) groups excluding carboxylic acids is 1. The van der Waals surface area contributed by atoms with Crippen LogP contribution in [-0.4, -0.2) is 36.1 Å². The number of amides is 2. The van der Waals surface area contributed by atoms with Crippen LogP contribution in [0.4, 0.5) is 25.0 Å². The average molecular weight is 284 g/mol. The Hall–Kier alpha value is -2.45. The Morgan fingerprint density at radius 2 is 1.70 bits per heavy atom. The van der Waals surface area contributed by atoms with Crippen molar-refractivity contribution < 1.29 is 18.5 Å². The van der Waals surface area contributed by atoms with Gasteiger partial charge in [0.25, 0.3) is 5.69 Å². The van der Waals surface area contributed by atoms with E-state index in [0.717, 1.165) is 0 Å². The van der Waals surface area contributed by atoms with Crippen LogP contribution in [0, 0.1) is 21.7 Å². The number of benzene rings is 1. The number of rotatable bonds is 2. The molecular formula is C11H10F2N4O3. The van der Waals surface area contributed by atoms with Crippen molar-refractivity contribution in [3.05, 3.63) is 33.9 Å². The molecule has 20 heavy (non-hydrogen) atoms. The first-order valence-corrected chi connectivity index (χ1v) is 5.91. The third-order valence-corrected chi connectivity index (χ3v) is 3.48. The van der Waals surface area contributed by atoms with Crippen LogP contribution < -0.4 is 15.5 Å². The number of carbonyl (C=O) groups is 1. The van der Waals surface area contributed by atoms with Crippen molar-refractivity contribution >= 4 is 17.4 Å². The molecule has 2 heterocycles. The second-order valence-electron chi connectivity index (χ2n) is 4.75. The lowest BCUT2D eigenvalue weighted by Crippen LogP contribution is -2.34. The molecule has 3 rings (SSSR count). The Morgan fingerprint density at radius 1 is 1.20 bits per heavy atom. The number of nitrogens with zero attached hydrogens (tertiary/aromatic N) is 2. The minimum atomic E-state index is -0.983. The number of hydrogen-bond donors (Lipinski definition) is 2. The summed E-state index contributed by atoms with van der Waals surface area (Å²) in [6.45, 7) is 0.490. The SMILES string of the molecule is O=C1NC2CN(c3c(F)cc([N+](=O)[O-])cc3F)CC2N1. The van der Waals surface area contributed by atoms with Crippen LogP contribution in [0.1, 0.15) is 0 Å². The van der Waals surface area contributed by atoms with Gasteiger partial charge in [-0.25, -0.2) is 13.6 Å². The van der Waals surface area contributed by atoms with Crippen LogP contribution in [-0.2, 0) is 0 Å². The van der Waals surface area contributed by atoms with Crippen LogP contribution in [0.25, 0.3) is 0 Å². The van der Waals surface area contributed by atoms with Gasteiger partial charge in [0.15, 0.2) is 11.6 Å². The molecule has 2 amide bonds.